The number of carbonyl (C=O) groups excluding carboxylic acids is 2. The highest BCUT2D eigenvalue weighted by atomic mass is 16.5. The summed E-state index contributed by atoms with van der Waals surface area (Å²) in [5, 5.41) is 2.82. The predicted molar refractivity (Wildman–Crippen MR) is 116 cm³/mol. The van der Waals surface area contributed by atoms with E-state index in [9.17, 15) is 9.59 Å². The Morgan fingerprint density at radius 2 is 1.97 bits per heavy atom. The topological polar surface area (TPSA) is 75.9 Å². The second-order valence-electron chi connectivity index (χ2n) is 7.48. The van der Waals surface area contributed by atoms with Crippen LogP contribution >= 0.6 is 0 Å². The standard InChI is InChI=1S/C23H28N4O3/c1-5-26(14-21(28)24-16(2)3)23(29)19-10-6-7-11-20(19)30-15-18-13-27-12-8-9-17(4)22(27)25-18/h6-13,16H,5,14-15H2,1-4H3,(H,24,28). The molecular formula is C23H28N4O3. The number of para-hydroxylation sites is 1. The van der Waals surface area contributed by atoms with E-state index < -0.39 is 0 Å². The fourth-order valence-corrected chi connectivity index (χ4v) is 3.23. The SMILES string of the molecule is CCN(CC(=O)NC(C)C)C(=O)c1ccccc1OCc1cn2cccc(C)c2n1. The van der Waals surface area contributed by atoms with Crippen LogP contribution in [0.2, 0.25) is 0 Å². The first-order valence-corrected chi connectivity index (χ1v) is 10.1. The van der Waals surface area contributed by atoms with Crippen molar-refractivity contribution < 1.29 is 14.3 Å². The molecule has 0 aliphatic carbocycles. The number of pyridine rings is 1. The number of hydrogen-bond donors (Lipinski definition) is 1. The minimum Gasteiger partial charge on any atom is -0.486 e. The lowest BCUT2D eigenvalue weighted by atomic mass is 10.1. The monoisotopic (exact) mass is 408 g/mol. The molecule has 1 aromatic carbocycles. The van der Waals surface area contributed by atoms with Crippen molar-refractivity contribution in [3.05, 3.63) is 65.6 Å². The molecule has 0 aliphatic rings. The Morgan fingerprint density at radius 1 is 1.20 bits per heavy atom. The zero-order valence-electron chi connectivity index (χ0n) is 17.9. The number of hydrogen-bond acceptors (Lipinski definition) is 4. The molecule has 0 atom stereocenters. The molecule has 2 amide bonds. The van der Waals surface area contributed by atoms with Gasteiger partial charge in [-0.05, 0) is 51.5 Å². The number of nitrogens with one attached hydrogen (secondary N) is 1. The van der Waals surface area contributed by atoms with Gasteiger partial charge in [0.1, 0.15) is 18.0 Å². The highest BCUT2D eigenvalue weighted by Gasteiger charge is 2.21. The smallest absolute Gasteiger partial charge is 0.258 e. The van der Waals surface area contributed by atoms with Crippen molar-refractivity contribution in [2.24, 2.45) is 0 Å². The molecular weight excluding hydrogens is 380 g/mol. The van der Waals surface area contributed by atoms with Crippen molar-refractivity contribution in [2.45, 2.75) is 40.3 Å². The number of carbonyl (C=O) groups is 2. The summed E-state index contributed by atoms with van der Waals surface area (Å²) >= 11 is 0. The van der Waals surface area contributed by atoms with Crippen molar-refractivity contribution >= 4 is 17.5 Å². The second-order valence-corrected chi connectivity index (χ2v) is 7.48. The van der Waals surface area contributed by atoms with Gasteiger partial charge in [-0.25, -0.2) is 4.98 Å². The Labute approximate surface area is 176 Å². The molecule has 0 saturated carbocycles. The summed E-state index contributed by atoms with van der Waals surface area (Å²) < 4.78 is 7.91. The molecule has 0 fully saturated rings. The lowest BCUT2D eigenvalue weighted by Gasteiger charge is -2.22. The van der Waals surface area contributed by atoms with Crippen LogP contribution in [0.15, 0.2) is 48.8 Å². The van der Waals surface area contributed by atoms with Crippen molar-refractivity contribution in [1.29, 1.82) is 0 Å². The van der Waals surface area contributed by atoms with Gasteiger partial charge in [0, 0.05) is 25.0 Å². The quantitative estimate of drug-likeness (QED) is 0.621. The van der Waals surface area contributed by atoms with Gasteiger partial charge in [0.2, 0.25) is 5.91 Å². The minimum absolute atomic E-state index is 0.00750. The predicted octanol–water partition coefficient (Wildman–Crippen LogP) is 3.21. The number of likely N-dealkylation sites (N-methyl/N-ethyl adjacent to an activating group) is 1. The zero-order chi connectivity index (χ0) is 21.7. The van der Waals surface area contributed by atoms with E-state index in [1.165, 1.54) is 4.90 Å². The Hall–Kier alpha value is -3.35. The van der Waals surface area contributed by atoms with Crippen LogP contribution in [-0.2, 0) is 11.4 Å². The molecule has 2 aromatic heterocycles. The van der Waals surface area contributed by atoms with Crippen molar-refractivity contribution in [2.75, 3.05) is 13.1 Å². The maximum absolute atomic E-state index is 13.1. The van der Waals surface area contributed by atoms with Crippen LogP contribution in [0.5, 0.6) is 5.75 Å². The van der Waals surface area contributed by atoms with E-state index in [-0.39, 0.29) is 31.0 Å². The Kier molecular flexibility index (Phi) is 6.72. The molecule has 0 radical (unpaired) electrons. The number of rotatable bonds is 8. The molecule has 0 unspecified atom stereocenters. The molecule has 7 heteroatoms. The number of ether oxygens (including phenoxy) is 1. The van der Waals surface area contributed by atoms with Gasteiger partial charge in [-0.3, -0.25) is 9.59 Å². The zero-order valence-corrected chi connectivity index (χ0v) is 17.9. The van der Waals surface area contributed by atoms with Gasteiger partial charge in [-0.15, -0.1) is 0 Å². The highest BCUT2D eigenvalue weighted by Crippen LogP contribution is 2.21. The molecule has 1 N–H and O–H groups in total. The molecule has 0 saturated heterocycles. The Morgan fingerprint density at radius 3 is 2.67 bits per heavy atom. The summed E-state index contributed by atoms with van der Waals surface area (Å²) in [7, 11) is 0. The summed E-state index contributed by atoms with van der Waals surface area (Å²) in [6.07, 6.45) is 3.86. The normalized spacial score (nSPS) is 11.0. The highest BCUT2D eigenvalue weighted by molar-refractivity contribution is 5.98. The van der Waals surface area contributed by atoms with Gasteiger partial charge >= 0.3 is 0 Å². The van der Waals surface area contributed by atoms with E-state index in [2.05, 4.69) is 10.3 Å². The Balaban J connectivity index is 1.74. The van der Waals surface area contributed by atoms with Gasteiger partial charge in [0.05, 0.1) is 17.8 Å². The lowest BCUT2D eigenvalue weighted by molar-refractivity contribution is -0.122. The minimum atomic E-state index is -0.238. The molecule has 0 bridgehead atoms. The second kappa shape index (κ2) is 9.43. The van der Waals surface area contributed by atoms with E-state index in [0.717, 1.165) is 16.9 Å². The molecule has 2 heterocycles. The summed E-state index contributed by atoms with van der Waals surface area (Å²) in [5.74, 6) is 0.0514. The number of aromatic nitrogens is 2. The molecule has 7 nitrogen and oxygen atoms in total. The summed E-state index contributed by atoms with van der Waals surface area (Å²) in [6.45, 7) is 8.31. The van der Waals surface area contributed by atoms with Crippen LogP contribution in [-0.4, -0.2) is 45.2 Å². The molecule has 0 aliphatic heterocycles. The number of nitrogens with zero attached hydrogens (tertiary/aromatic N) is 3. The third-order valence-corrected chi connectivity index (χ3v) is 4.67. The Bertz CT molecular complexity index is 1040. The van der Waals surface area contributed by atoms with Gasteiger partial charge < -0.3 is 19.4 Å². The summed E-state index contributed by atoms with van der Waals surface area (Å²) in [6, 6.07) is 11.1. The average molecular weight is 409 g/mol. The number of fused-ring (bicyclic) bond motifs is 1. The number of imidazole rings is 1. The van der Waals surface area contributed by atoms with Crippen LogP contribution in [0.25, 0.3) is 5.65 Å². The van der Waals surface area contributed by atoms with Crippen LogP contribution in [0.4, 0.5) is 0 Å². The average Bonchev–Trinajstić information content (AvgIpc) is 3.14. The van der Waals surface area contributed by atoms with Gasteiger partial charge in [0.15, 0.2) is 0 Å². The summed E-state index contributed by atoms with van der Waals surface area (Å²) in [5.41, 5.74) is 3.17. The van der Waals surface area contributed by atoms with Gasteiger partial charge in [-0.2, -0.15) is 0 Å². The van der Waals surface area contributed by atoms with Crippen LogP contribution in [0.1, 0.15) is 42.4 Å². The number of amides is 2. The lowest BCUT2D eigenvalue weighted by Crippen LogP contribution is -2.42. The molecule has 3 rings (SSSR count). The van der Waals surface area contributed by atoms with Gasteiger partial charge in [0.25, 0.3) is 5.91 Å². The van der Waals surface area contributed by atoms with E-state index in [4.69, 9.17) is 4.74 Å². The first-order valence-electron chi connectivity index (χ1n) is 10.1. The third kappa shape index (κ3) is 4.97. The molecule has 0 spiro atoms. The van der Waals surface area contributed by atoms with E-state index in [0.29, 0.717) is 17.9 Å². The van der Waals surface area contributed by atoms with Crippen LogP contribution < -0.4 is 10.1 Å². The van der Waals surface area contributed by atoms with Crippen LogP contribution in [0.3, 0.4) is 0 Å². The largest absolute Gasteiger partial charge is 0.486 e. The van der Waals surface area contributed by atoms with E-state index in [1.807, 2.05) is 62.7 Å². The number of benzene rings is 1. The first-order chi connectivity index (χ1) is 14.4. The van der Waals surface area contributed by atoms with Gasteiger partial charge in [-0.1, -0.05) is 18.2 Å². The van der Waals surface area contributed by atoms with E-state index >= 15 is 0 Å². The van der Waals surface area contributed by atoms with Crippen LogP contribution in [0, 0.1) is 6.92 Å². The molecule has 3 aromatic rings. The fraction of sp³-hybridized carbons (Fsp3) is 0.348. The third-order valence-electron chi connectivity index (χ3n) is 4.67. The van der Waals surface area contributed by atoms with Crippen molar-refractivity contribution in [3.8, 4) is 5.75 Å². The first kappa shape index (κ1) is 21.4. The molecule has 158 valence electrons. The molecule has 30 heavy (non-hydrogen) atoms. The number of aryl methyl sites for hydroxylation is 1. The van der Waals surface area contributed by atoms with Crippen molar-refractivity contribution in [3.63, 3.8) is 0 Å². The maximum Gasteiger partial charge on any atom is 0.258 e. The maximum atomic E-state index is 13.1. The summed E-state index contributed by atoms with van der Waals surface area (Å²) in [4.78, 5) is 31.3. The van der Waals surface area contributed by atoms with Crippen molar-refractivity contribution in [1.82, 2.24) is 19.6 Å². The fourth-order valence-electron chi connectivity index (χ4n) is 3.23. The van der Waals surface area contributed by atoms with E-state index in [1.54, 1.807) is 18.2 Å².